The molecule has 0 saturated carbocycles. The SMILES string of the molecule is Cc1cc(S(=O)(=O)[O-])c2cc(C)ccc2c1.[K+]. The maximum absolute atomic E-state index is 11.2. The summed E-state index contributed by atoms with van der Waals surface area (Å²) in [7, 11) is -4.42. The van der Waals surface area contributed by atoms with Crippen molar-refractivity contribution < 1.29 is 64.4 Å². The third-order valence-corrected chi connectivity index (χ3v) is 3.36. The first-order valence-corrected chi connectivity index (χ1v) is 6.26. The van der Waals surface area contributed by atoms with Gasteiger partial charge in [0.15, 0.2) is 0 Å². The van der Waals surface area contributed by atoms with Crippen molar-refractivity contribution in [2.75, 3.05) is 0 Å². The van der Waals surface area contributed by atoms with Crippen molar-refractivity contribution in [3.05, 3.63) is 41.5 Å². The van der Waals surface area contributed by atoms with E-state index in [1.807, 2.05) is 25.1 Å². The Balaban J connectivity index is 0.00000144. The molecule has 3 nitrogen and oxygen atoms in total. The first-order chi connectivity index (χ1) is 7.38. The van der Waals surface area contributed by atoms with Crippen LogP contribution in [-0.4, -0.2) is 13.0 Å². The van der Waals surface area contributed by atoms with Crippen LogP contribution >= 0.6 is 0 Å². The van der Waals surface area contributed by atoms with Gasteiger partial charge in [-0.2, -0.15) is 0 Å². The first kappa shape index (κ1) is 15.3. The fraction of sp³-hybridized carbons (Fsp3) is 0.167. The minimum absolute atomic E-state index is 0. The molecule has 2 aromatic carbocycles. The van der Waals surface area contributed by atoms with E-state index >= 15 is 0 Å². The van der Waals surface area contributed by atoms with Crippen molar-refractivity contribution in [1.82, 2.24) is 0 Å². The van der Waals surface area contributed by atoms with E-state index in [-0.39, 0.29) is 56.3 Å². The van der Waals surface area contributed by atoms with Gasteiger partial charge in [-0.25, -0.2) is 8.42 Å². The summed E-state index contributed by atoms with van der Waals surface area (Å²) < 4.78 is 33.5. The Morgan fingerprint density at radius 2 is 1.65 bits per heavy atom. The Bertz CT molecular complexity index is 663. The minimum atomic E-state index is -4.42. The summed E-state index contributed by atoms with van der Waals surface area (Å²) in [5, 5.41) is 1.28. The molecule has 0 amide bonds. The minimum Gasteiger partial charge on any atom is -0.744 e. The van der Waals surface area contributed by atoms with Gasteiger partial charge in [-0.15, -0.1) is 0 Å². The number of benzene rings is 2. The molecular formula is C12H11KO3S. The quantitative estimate of drug-likeness (QED) is 0.514. The standard InChI is InChI=1S/C12H12O3S.K/c1-8-3-4-10-5-9(2)7-12(11(10)6-8)16(13,14)15;/h3-7H,1-2H3,(H,13,14,15);/q;+1/p-1. The molecule has 0 spiro atoms. The van der Waals surface area contributed by atoms with Gasteiger partial charge < -0.3 is 4.55 Å². The van der Waals surface area contributed by atoms with E-state index in [4.69, 9.17) is 0 Å². The number of rotatable bonds is 1. The Labute approximate surface area is 143 Å². The average molecular weight is 274 g/mol. The number of hydrogen-bond donors (Lipinski definition) is 0. The van der Waals surface area contributed by atoms with Gasteiger partial charge in [-0.3, -0.25) is 0 Å². The molecule has 84 valence electrons. The largest absolute Gasteiger partial charge is 1.00 e. The van der Waals surface area contributed by atoms with Crippen molar-refractivity contribution >= 4 is 20.9 Å². The van der Waals surface area contributed by atoms with Crippen molar-refractivity contribution in [3.8, 4) is 0 Å². The third kappa shape index (κ3) is 3.38. The van der Waals surface area contributed by atoms with Crippen LogP contribution in [0.4, 0.5) is 0 Å². The van der Waals surface area contributed by atoms with Crippen LogP contribution in [0.5, 0.6) is 0 Å². The van der Waals surface area contributed by atoms with Gasteiger partial charge in [-0.05, 0) is 36.2 Å². The Kier molecular flexibility index (Phi) is 4.94. The summed E-state index contributed by atoms with van der Waals surface area (Å²) in [6.07, 6.45) is 0. The molecule has 0 fully saturated rings. The average Bonchev–Trinajstić information content (AvgIpc) is 2.16. The number of aryl methyl sites for hydroxylation is 2. The van der Waals surface area contributed by atoms with E-state index in [1.165, 1.54) is 6.07 Å². The monoisotopic (exact) mass is 274 g/mol. The number of hydrogen-bond acceptors (Lipinski definition) is 3. The maximum atomic E-state index is 11.2. The van der Waals surface area contributed by atoms with Crippen molar-refractivity contribution in [2.45, 2.75) is 18.7 Å². The van der Waals surface area contributed by atoms with Crippen molar-refractivity contribution in [3.63, 3.8) is 0 Å². The summed E-state index contributed by atoms with van der Waals surface area (Å²) >= 11 is 0. The smallest absolute Gasteiger partial charge is 0.744 e. The van der Waals surface area contributed by atoms with E-state index in [1.54, 1.807) is 13.0 Å². The first-order valence-electron chi connectivity index (χ1n) is 4.85. The molecule has 0 radical (unpaired) electrons. The van der Waals surface area contributed by atoms with Gasteiger partial charge in [0.25, 0.3) is 0 Å². The summed E-state index contributed by atoms with van der Waals surface area (Å²) in [6, 6.07) is 8.72. The Morgan fingerprint density at radius 1 is 1.00 bits per heavy atom. The van der Waals surface area contributed by atoms with E-state index in [9.17, 15) is 13.0 Å². The second-order valence-corrected chi connectivity index (χ2v) is 5.29. The van der Waals surface area contributed by atoms with Gasteiger partial charge in [-0.1, -0.05) is 29.8 Å². The fourth-order valence-corrected chi connectivity index (χ4v) is 2.56. The van der Waals surface area contributed by atoms with Crippen LogP contribution in [0.3, 0.4) is 0 Å². The molecule has 0 atom stereocenters. The normalized spacial score (nSPS) is 11.2. The predicted molar refractivity (Wildman–Crippen MR) is 61.4 cm³/mol. The van der Waals surface area contributed by atoms with Crippen molar-refractivity contribution in [2.24, 2.45) is 0 Å². The molecule has 0 unspecified atom stereocenters. The zero-order valence-corrected chi connectivity index (χ0v) is 14.0. The molecule has 17 heavy (non-hydrogen) atoms. The second-order valence-electron chi connectivity index (χ2n) is 3.94. The summed E-state index contributed by atoms with van der Waals surface area (Å²) in [5.74, 6) is 0. The van der Waals surface area contributed by atoms with Crippen LogP contribution in [0.2, 0.25) is 0 Å². The second kappa shape index (κ2) is 5.48. The molecule has 2 aromatic rings. The van der Waals surface area contributed by atoms with E-state index in [0.717, 1.165) is 16.5 Å². The van der Waals surface area contributed by atoms with Crippen LogP contribution in [0.1, 0.15) is 11.1 Å². The van der Waals surface area contributed by atoms with Crippen LogP contribution in [0.25, 0.3) is 10.8 Å². The molecule has 2 rings (SSSR count). The molecule has 5 heteroatoms. The van der Waals surface area contributed by atoms with E-state index in [0.29, 0.717) is 5.39 Å². The van der Waals surface area contributed by atoms with Crippen LogP contribution < -0.4 is 51.4 Å². The van der Waals surface area contributed by atoms with Crippen LogP contribution in [0.15, 0.2) is 35.2 Å². The molecule has 0 saturated heterocycles. The molecule has 0 bridgehead atoms. The Hall–Kier alpha value is 0.246. The van der Waals surface area contributed by atoms with E-state index < -0.39 is 10.1 Å². The fourth-order valence-electron chi connectivity index (χ4n) is 1.79. The van der Waals surface area contributed by atoms with Crippen LogP contribution in [-0.2, 0) is 10.1 Å². The van der Waals surface area contributed by atoms with Gasteiger partial charge in [0.2, 0.25) is 0 Å². The topological polar surface area (TPSA) is 57.2 Å². The van der Waals surface area contributed by atoms with Gasteiger partial charge >= 0.3 is 51.4 Å². The third-order valence-electron chi connectivity index (χ3n) is 2.49. The van der Waals surface area contributed by atoms with Crippen LogP contribution in [0, 0.1) is 13.8 Å². The zero-order chi connectivity index (χ0) is 11.9. The van der Waals surface area contributed by atoms with Gasteiger partial charge in [0.05, 0.1) is 4.90 Å². The molecule has 0 N–H and O–H groups in total. The maximum Gasteiger partial charge on any atom is 1.00 e. The molecule has 0 aliphatic rings. The molecule has 0 heterocycles. The van der Waals surface area contributed by atoms with E-state index in [2.05, 4.69) is 0 Å². The predicted octanol–water partition coefficient (Wildman–Crippen LogP) is -0.635. The van der Waals surface area contributed by atoms with Crippen molar-refractivity contribution in [1.29, 1.82) is 0 Å². The molecule has 0 aromatic heterocycles. The molecule has 0 aliphatic heterocycles. The summed E-state index contributed by atoms with van der Waals surface area (Å²) in [6.45, 7) is 3.63. The van der Waals surface area contributed by atoms with Gasteiger partial charge in [0.1, 0.15) is 10.1 Å². The molecular weight excluding hydrogens is 263 g/mol. The summed E-state index contributed by atoms with van der Waals surface area (Å²) in [5.41, 5.74) is 1.70. The zero-order valence-electron chi connectivity index (χ0n) is 10.0. The number of fused-ring (bicyclic) bond motifs is 1. The molecule has 0 aliphatic carbocycles. The van der Waals surface area contributed by atoms with Gasteiger partial charge in [0, 0.05) is 0 Å². The Morgan fingerprint density at radius 3 is 2.24 bits per heavy atom. The summed E-state index contributed by atoms with van der Waals surface area (Å²) in [4.78, 5) is -0.133.